The van der Waals surface area contributed by atoms with Gasteiger partial charge in [-0.15, -0.1) is 0 Å². The van der Waals surface area contributed by atoms with Crippen molar-refractivity contribution in [2.75, 3.05) is 12.3 Å². The average molecular weight is 239 g/mol. The fraction of sp³-hybridized carbons (Fsp3) is 0.571. The van der Waals surface area contributed by atoms with Crippen molar-refractivity contribution in [1.82, 2.24) is 0 Å². The van der Waals surface area contributed by atoms with Crippen LogP contribution in [0.3, 0.4) is 0 Å². The van der Waals surface area contributed by atoms with Gasteiger partial charge >= 0.3 is 0 Å². The summed E-state index contributed by atoms with van der Waals surface area (Å²) in [6.07, 6.45) is 7.14. The van der Waals surface area contributed by atoms with E-state index >= 15 is 0 Å². The lowest BCUT2D eigenvalue weighted by Gasteiger charge is -2.09. The van der Waals surface area contributed by atoms with E-state index in [1.165, 1.54) is 31.7 Å². The number of anilines is 1. The molecule has 0 spiro atoms. The average Bonchev–Trinajstić information content (AvgIpc) is 2.31. The molecule has 0 heterocycles. The van der Waals surface area contributed by atoms with Crippen LogP contribution in [-0.2, 0) is 0 Å². The summed E-state index contributed by atoms with van der Waals surface area (Å²) in [6, 6.07) is 4.61. The second kappa shape index (κ2) is 7.93. The number of rotatable bonds is 8. The minimum absolute atomic E-state index is 0.195. The van der Waals surface area contributed by atoms with Crippen molar-refractivity contribution in [3.63, 3.8) is 0 Å². The molecule has 0 bridgehead atoms. The zero-order chi connectivity index (χ0) is 12.5. The molecule has 96 valence electrons. The lowest BCUT2D eigenvalue weighted by Crippen LogP contribution is -2.02. The van der Waals surface area contributed by atoms with Gasteiger partial charge in [0.2, 0.25) is 0 Å². The number of benzene rings is 1. The van der Waals surface area contributed by atoms with E-state index in [-0.39, 0.29) is 11.6 Å². The van der Waals surface area contributed by atoms with Gasteiger partial charge in [0.25, 0.3) is 0 Å². The highest BCUT2D eigenvalue weighted by Gasteiger charge is 2.06. The molecule has 0 saturated heterocycles. The second-order valence-electron chi connectivity index (χ2n) is 4.27. The number of hydrogen-bond acceptors (Lipinski definition) is 2. The summed E-state index contributed by atoms with van der Waals surface area (Å²) in [7, 11) is 0. The first-order chi connectivity index (χ1) is 8.25. The van der Waals surface area contributed by atoms with Crippen molar-refractivity contribution in [3.05, 3.63) is 24.0 Å². The van der Waals surface area contributed by atoms with Crippen LogP contribution in [0.25, 0.3) is 0 Å². The molecule has 0 amide bonds. The van der Waals surface area contributed by atoms with Crippen LogP contribution in [0.15, 0.2) is 18.2 Å². The lowest BCUT2D eigenvalue weighted by molar-refractivity contribution is 0.291. The molecular formula is C14H22FNO. The summed E-state index contributed by atoms with van der Waals surface area (Å²) >= 11 is 0. The van der Waals surface area contributed by atoms with Gasteiger partial charge in [0.15, 0.2) is 11.6 Å². The lowest BCUT2D eigenvalue weighted by atomic mass is 10.1. The molecule has 0 aromatic heterocycles. The maximum absolute atomic E-state index is 13.3. The highest BCUT2D eigenvalue weighted by atomic mass is 19.1. The summed E-state index contributed by atoms with van der Waals surface area (Å²) in [5.41, 5.74) is 6.01. The van der Waals surface area contributed by atoms with Crippen LogP contribution >= 0.6 is 0 Å². The smallest absolute Gasteiger partial charge is 0.177 e. The summed E-state index contributed by atoms with van der Waals surface area (Å²) in [5, 5.41) is 0. The summed E-state index contributed by atoms with van der Waals surface area (Å²) in [5.74, 6) is -0.183. The maximum atomic E-state index is 13.3. The van der Waals surface area contributed by atoms with Crippen LogP contribution in [-0.4, -0.2) is 6.61 Å². The predicted molar refractivity (Wildman–Crippen MR) is 69.7 cm³/mol. The molecule has 0 atom stereocenters. The molecule has 0 radical (unpaired) electrons. The molecule has 17 heavy (non-hydrogen) atoms. The largest absolute Gasteiger partial charge is 0.488 e. The summed E-state index contributed by atoms with van der Waals surface area (Å²) < 4.78 is 18.7. The molecule has 3 heteroatoms. The Morgan fingerprint density at radius 3 is 2.53 bits per heavy atom. The number of nitrogens with two attached hydrogens (primary N) is 1. The minimum atomic E-state index is -0.379. The van der Waals surface area contributed by atoms with Gasteiger partial charge in [0.05, 0.1) is 12.3 Å². The van der Waals surface area contributed by atoms with E-state index in [0.717, 1.165) is 12.8 Å². The van der Waals surface area contributed by atoms with Crippen LogP contribution in [0.5, 0.6) is 5.75 Å². The van der Waals surface area contributed by atoms with Gasteiger partial charge in [-0.3, -0.25) is 0 Å². The number of halogens is 1. The predicted octanol–water partition coefficient (Wildman–Crippen LogP) is 4.15. The molecule has 1 rings (SSSR count). The molecule has 2 N–H and O–H groups in total. The van der Waals surface area contributed by atoms with E-state index in [2.05, 4.69) is 6.92 Å². The van der Waals surface area contributed by atoms with Gasteiger partial charge in [0, 0.05) is 0 Å². The van der Waals surface area contributed by atoms with Crippen LogP contribution in [0.1, 0.15) is 45.4 Å². The number of nitrogen functional groups attached to an aromatic ring is 1. The third-order valence-electron chi connectivity index (χ3n) is 2.74. The quantitative estimate of drug-likeness (QED) is 0.546. The Balaban J connectivity index is 2.18. The number of unbranched alkanes of at least 4 members (excludes halogenated alkanes) is 5. The van der Waals surface area contributed by atoms with E-state index in [9.17, 15) is 4.39 Å². The Hall–Kier alpha value is -1.25. The number of ether oxygens (including phenoxy) is 1. The zero-order valence-corrected chi connectivity index (χ0v) is 10.5. The molecule has 0 saturated carbocycles. The third-order valence-corrected chi connectivity index (χ3v) is 2.74. The van der Waals surface area contributed by atoms with Crippen LogP contribution in [0.2, 0.25) is 0 Å². The topological polar surface area (TPSA) is 35.2 Å². The second-order valence-corrected chi connectivity index (χ2v) is 4.27. The Kier molecular flexibility index (Phi) is 6.45. The molecule has 1 aromatic rings. The number of hydrogen-bond donors (Lipinski definition) is 1. The fourth-order valence-electron chi connectivity index (χ4n) is 1.73. The molecule has 0 fully saturated rings. The highest BCUT2D eigenvalue weighted by molar-refractivity contribution is 5.52. The SMILES string of the molecule is CCCCCCCCOc1c(N)cccc1F. The van der Waals surface area contributed by atoms with Crippen molar-refractivity contribution in [2.24, 2.45) is 0 Å². The maximum Gasteiger partial charge on any atom is 0.177 e. The Morgan fingerprint density at radius 1 is 1.12 bits per heavy atom. The van der Waals surface area contributed by atoms with Crippen LogP contribution in [0.4, 0.5) is 10.1 Å². The highest BCUT2D eigenvalue weighted by Crippen LogP contribution is 2.24. The molecule has 0 unspecified atom stereocenters. The first-order valence-electron chi connectivity index (χ1n) is 6.42. The molecule has 0 aliphatic heterocycles. The minimum Gasteiger partial charge on any atom is -0.488 e. The monoisotopic (exact) mass is 239 g/mol. The molecule has 2 nitrogen and oxygen atoms in total. The summed E-state index contributed by atoms with van der Waals surface area (Å²) in [6.45, 7) is 2.74. The number of para-hydroxylation sites is 1. The first-order valence-corrected chi connectivity index (χ1v) is 6.42. The van der Waals surface area contributed by atoms with E-state index in [4.69, 9.17) is 10.5 Å². The molecular weight excluding hydrogens is 217 g/mol. The van der Waals surface area contributed by atoms with E-state index in [1.807, 2.05) is 0 Å². The van der Waals surface area contributed by atoms with Gasteiger partial charge < -0.3 is 10.5 Å². The van der Waals surface area contributed by atoms with E-state index in [1.54, 1.807) is 12.1 Å². The van der Waals surface area contributed by atoms with Gasteiger partial charge in [-0.25, -0.2) is 4.39 Å². The van der Waals surface area contributed by atoms with Crippen molar-refractivity contribution < 1.29 is 9.13 Å². The first kappa shape index (κ1) is 13.8. The van der Waals surface area contributed by atoms with Crippen LogP contribution < -0.4 is 10.5 Å². The van der Waals surface area contributed by atoms with E-state index in [0.29, 0.717) is 12.3 Å². The van der Waals surface area contributed by atoms with Gasteiger partial charge in [-0.2, -0.15) is 0 Å². The van der Waals surface area contributed by atoms with Crippen molar-refractivity contribution >= 4 is 5.69 Å². The van der Waals surface area contributed by atoms with Crippen LogP contribution in [0, 0.1) is 5.82 Å². The molecule has 0 aliphatic carbocycles. The summed E-state index contributed by atoms with van der Waals surface area (Å²) in [4.78, 5) is 0. The fourth-order valence-corrected chi connectivity index (χ4v) is 1.73. The molecule has 0 aliphatic rings. The van der Waals surface area contributed by atoms with Crippen molar-refractivity contribution in [1.29, 1.82) is 0 Å². The van der Waals surface area contributed by atoms with Gasteiger partial charge in [0.1, 0.15) is 0 Å². The van der Waals surface area contributed by atoms with Crippen molar-refractivity contribution in [3.8, 4) is 5.75 Å². The van der Waals surface area contributed by atoms with E-state index < -0.39 is 0 Å². The third kappa shape index (κ3) is 5.07. The normalized spacial score (nSPS) is 10.5. The van der Waals surface area contributed by atoms with Gasteiger partial charge in [-0.05, 0) is 18.6 Å². The standard InChI is InChI=1S/C14H22FNO/c1-2-3-4-5-6-7-11-17-14-12(15)9-8-10-13(14)16/h8-10H,2-7,11,16H2,1H3. The Labute approximate surface area is 103 Å². The van der Waals surface area contributed by atoms with Gasteiger partial charge in [-0.1, -0.05) is 45.1 Å². The molecule has 1 aromatic carbocycles. The van der Waals surface area contributed by atoms with Crippen molar-refractivity contribution in [2.45, 2.75) is 45.4 Å². The Bertz CT molecular complexity index is 308. The zero-order valence-electron chi connectivity index (χ0n) is 10.5. The Morgan fingerprint density at radius 2 is 1.82 bits per heavy atom.